The van der Waals surface area contributed by atoms with Crippen molar-refractivity contribution in [2.75, 3.05) is 12.5 Å². The fourth-order valence-corrected chi connectivity index (χ4v) is 3.60. The van der Waals surface area contributed by atoms with E-state index in [1.165, 1.54) is 22.2 Å². The van der Waals surface area contributed by atoms with Crippen molar-refractivity contribution in [1.82, 2.24) is 9.55 Å². The number of anilines is 1. The van der Waals surface area contributed by atoms with Crippen molar-refractivity contribution in [3.63, 3.8) is 0 Å². The molecule has 1 N–H and O–H groups in total. The van der Waals surface area contributed by atoms with Crippen LogP contribution in [0.5, 0.6) is 5.75 Å². The first kappa shape index (κ1) is 16.4. The number of aromatic nitrogens is 2. The van der Waals surface area contributed by atoms with E-state index in [4.69, 9.17) is 4.74 Å². The van der Waals surface area contributed by atoms with Crippen LogP contribution in [-0.4, -0.2) is 22.9 Å². The van der Waals surface area contributed by atoms with E-state index in [1.807, 2.05) is 55.0 Å². The van der Waals surface area contributed by atoms with Crippen molar-refractivity contribution in [1.29, 1.82) is 0 Å². The third kappa shape index (κ3) is 3.07. The summed E-state index contributed by atoms with van der Waals surface area (Å²) in [6.07, 6.45) is 3.89. The van der Waals surface area contributed by atoms with Crippen molar-refractivity contribution in [3.8, 4) is 17.0 Å². The summed E-state index contributed by atoms with van der Waals surface area (Å²) in [7, 11) is 3.70. The first-order valence-electron chi connectivity index (χ1n) is 8.18. The molecule has 2 aromatic heterocycles. The minimum Gasteiger partial charge on any atom is -0.496 e. The monoisotopic (exact) mass is 362 g/mol. The molecule has 0 fully saturated rings. The Kier molecular flexibility index (Phi) is 4.41. The van der Waals surface area contributed by atoms with E-state index in [1.54, 1.807) is 7.11 Å². The van der Waals surface area contributed by atoms with Crippen LogP contribution in [0.3, 0.4) is 0 Å². The Bertz CT molecular complexity index is 1080. The molecule has 26 heavy (non-hydrogen) atoms. The zero-order chi connectivity index (χ0) is 17.9. The molecule has 0 saturated carbocycles. The number of ether oxygens (including phenoxy) is 1. The molecule has 0 aliphatic heterocycles. The van der Waals surface area contributed by atoms with Crippen LogP contribution >= 0.6 is 11.3 Å². The topological polar surface area (TPSA) is 51.4 Å². The molecule has 0 bridgehead atoms. The quantitative estimate of drug-likeness (QED) is 0.411. The normalized spacial score (nSPS) is 11.3. The number of rotatable bonds is 5. The summed E-state index contributed by atoms with van der Waals surface area (Å²) in [5.74, 6) is 0.809. The number of para-hydroxylation sites is 2. The van der Waals surface area contributed by atoms with Gasteiger partial charge < -0.3 is 9.30 Å². The Morgan fingerprint density at radius 3 is 2.85 bits per heavy atom. The largest absolute Gasteiger partial charge is 0.496 e. The average molecular weight is 362 g/mol. The summed E-state index contributed by atoms with van der Waals surface area (Å²) in [4.78, 5) is 4.60. The zero-order valence-electron chi connectivity index (χ0n) is 14.5. The molecule has 0 spiro atoms. The van der Waals surface area contributed by atoms with Gasteiger partial charge in [0.15, 0.2) is 0 Å². The Balaban J connectivity index is 1.54. The summed E-state index contributed by atoms with van der Waals surface area (Å²) in [5, 5.41) is 8.26. The molecule has 0 atom stereocenters. The van der Waals surface area contributed by atoms with Crippen LogP contribution in [0.25, 0.3) is 22.2 Å². The number of nitrogens with one attached hydrogen (secondary N) is 1. The molecule has 0 aliphatic rings. The van der Waals surface area contributed by atoms with Gasteiger partial charge in [0.25, 0.3) is 0 Å². The Morgan fingerprint density at radius 1 is 1.15 bits per heavy atom. The van der Waals surface area contributed by atoms with Gasteiger partial charge in [-0.3, -0.25) is 5.43 Å². The summed E-state index contributed by atoms with van der Waals surface area (Å²) in [6, 6.07) is 16.1. The van der Waals surface area contributed by atoms with Crippen molar-refractivity contribution >= 4 is 33.6 Å². The van der Waals surface area contributed by atoms with Crippen LogP contribution in [0, 0.1) is 0 Å². The van der Waals surface area contributed by atoms with Gasteiger partial charge in [0.1, 0.15) is 5.75 Å². The molecule has 0 saturated heterocycles. The van der Waals surface area contributed by atoms with Crippen molar-refractivity contribution < 1.29 is 4.74 Å². The predicted molar refractivity (Wildman–Crippen MR) is 108 cm³/mol. The molecule has 0 radical (unpaired) electrons. The lowest BCUT2D eigenvalue weighted by Gasteiger charge is -2.04. The lowest BCUT2D eigenvalue weighted by Crippen LogP contribution is -1.91. The van der Waals surface area contributed by atoms with Crippen LogP contribution in [0.2, 0.25) is 0 Å². The SMILES string of the molecule is COc1ccccc1-c1csc(N/N=C/c2cn(C)c3ccccc23)n1. The van der Waals surface area contributed by atoms with E-state index in [2.05, 4.69) is 38.4 Å². The van der Waals surface area contributed by atoms with Crippen LogP contribution in [0.1, 0.15) is 5.56 Å². The van der Waals surface area contributed by atoms with E-state index in [9.17, 15) is 0 Å². The van der Waals surface area contributed by atoms with Crippen molar-refractivity contribution in [2.24, 2.45) is 12.1 Å². The van der Waals surface area contributed by atoms with E-state index < -0.39 is 0 Å². The van der Waals surface area contributed by atoms with Gasteiger partial charge in [0.2, 0.25) is 5.13 Å². The summed E-state index contributed by atoms with van der Waals surface area (Å²) >= 11 is 1.51. The molecule has 4 rings (SSSR count). The molecule has 0 amide bonds. The highest BCUT2D eigenvalue weighted by Crippen LogP contribution is 2.31. The number of methoxy groups -OCH3 is 1. The Labute approximate surface area is 155 Å². The number of hydrazone groups is 1. The third-order valence-electron chi connectivity index (χ3n) is 4.18. The maximum Gasteiger partial charge on any atom is 0.203 e. The van der Waals surface area contributed by atoms with Gasteiger partial charge in [-0.25, -0.2) is 4.98 Å². The van der Waals surface area contributed by atoms with Gasteiger partial charge in [-0.1, -0.05) is 30.3 Å². The maximum atomic E-state index is 5.40. The van der Waals surface area contributed by atoms with Crippen LogP contribution in [0.4, 0.5) is 5.13 Å². The first-order chi connectivity index (χ1) is 12.8. The summed E-state index contributed by atoms with van der Waals surface area (Å²) in [6.45, 7) is 0. The highest BCUT2D eigenvalue weighted by molar-refractivity contribution is 7.14. The second kappa shape index (κ2) is 7.01. The summed E-state index contributed by atoms with van der Waals surface area (Å²) < 4.78 is 7.50. The lowest BCUT2D eigenvalue weighted by atomic mass is 10.1. The highest BCUT2D eigenvalue weighted by atomic mass is 32.1. The molecule has 6 heteroatoms. The van der Waals surface area contributed by atoms with Crippen LogP contribution in [0.15, 0.2) is 65.2 Å². The maximum absolute atomic E-state index is 5.40. The van der Waals surface area contributed by atoms with E-state index >= 15 is 0 Å². The van der Waals surface area contributed by atoms with E-state index in [-0.39, 0.29) is 0 Å². The van der Waals surface area contributed by atoms with Crippen LogP contribution in [-0.2, 0) is 7.05 Å². The molecular weight excluding hydrogens is 344 g/mol. The molecule has 0 unspecified atom stereocenters. The molecule has 4 aromatic rings. The minimum absolute atomic E-state index is 0.738. The fourth-order valence-electron chi connectivity index (χ4n) is 2.94. The second-order valence-corrected chi connectivity index (χ2v) is 6.68. The third-order valence-corrected chi connectivity index (χ3v) is 4.93. The number of thiazole rings is 1. The second-order valence-electron chi connectivity index (χ2n) is 5.82. The number of benzene rings is 2. The van der Waals surface area contributed by atoms with Gasteiger partial charge in [-0.15, -0.1) is 11.3 Å². The first-order valence-corrected chi connectivity index (χ1v) is 9.06. The molecule has 0 aliphatic carbocycles. The zero-order valence-corrected chi connectivity index (χ0v) is 15.3. The van der Waals surface area contributed by atoms with Crippen molar-refractivity contribution in [2.45, 2.75) is 0 Å². The number of aryl methyl sites for hydroxylation is 1. The standard InChI is InChI=1S/C20H18N4OS/c1-24-12-14(15-7-3-5-9-18(15)24)11-21-23-20-22-17(13-26-20)16-8-4-6-10-19(16)25-2/h3-13H,1-2H3,(H,22,23)/b21-11+. The Hall–Kier alpha value is -3.12. The molecular formula is C20H18N4OS. The Morgan fingerprint density at radius 2 is 1.96 bits per heavy atom. The minimum atomic E-state index is 0.738. The summed E-state index contributed by atoms with van der Waals surface area (Å²) in [5.41, 5.74) is 7.11. The molecule has 130 valence electrons. The number of hydrogen-bond acceptors (Lipinski definition) is 5. The molecule has 5 nitrogen and oxygen atoms in total. The van der Waals surface area contributed by atoms with E-state index in [0.29, 0.717) is 0 Å². The number of hydrogen-bond donors (Lipinski definition) is 1. The average Bonchev–Trinajstić information content (AvgIpc) is 3.27. The van der Waals surface area contributed by atoms with Gasteiger partial charge in [-0.2, -0.15) is 5.10 Å². The highest BCUT2D eigenvalue weighted by Gasteiger charge is 2.09. The number of fused-ring (bicyclic) bond motifs is 1. The van der Waals surface area contributed by atoms with Crippen LogP contribution < -0.4 is 10.2 Å². The van der Waals surface area contributed by atoms with Gasteiger partial charge in [0.05, 0.1) is 19.0 Å². The molecule has 2 heterocycles. The molecule has 2 aromatic carbocycles. The lowest BCUT2D eigenvalue weighted by molar-refractivity contribution is 0.416. The van der Waals surface area contributed by atoms with Gasteiger partial charge in [-0.05, 0) is 18.2 Å². The fraction of sp³-hybridized carbons (Fsp3) is 0.100. The van der Waals surface area contributed by atoms with E-state index in [0.717, 1.165) is 27.7 Å². The smallest absolute Gasteiger partial charge is 0.203 e. The van der Waals surface area contributed by atoms with Crippen molar-refractivity contribution in [3.05, 3.63) is 65.7 Å². The van der Waals surface area contributed by atoms with Gasteiger partial charge in [0, 0.05) is 40.7 Å². The van der Waals surface area contributed by atoms with Gasteiger partial charge >= 0.3 is 0 Å². The predicted octanol–water partition coefficient (Wildman–Crippen LogP) is 4.76. The number of nitrogens with zero attached hydrogens (tertiary/aromatic N) is 3.